The molecule has 0 saturated carbocycles. The third-order valence-electron chi connectivity index (χ3n) is 2.63. The van der Waals surface area contributed by atoms with Crippen LogP contribution in [0.3, 0.4) is 0 Å². The summed E-state index contributed by atoms with van der Waals surface area (Å²) in [5.41, 5.74) is 1.05. The number of amides is 1. The van der Waals surface area contributed by atoms with Gasteiger partial charge in [0.05, 0.1) is 0 Å². The summed E-state index contributed by atoms with van der Waals surface area (Å²) >= 11 is 5.79. The maximum atomic E-state index is 11.6. The number of nitrogens with one attached hydrogen (secondary N) is 2. The second-order valence-corrected chi connectivity index (χ2v) is 4.69. The van der Waals surface area contributed by atoms with Gasteiger partial charge in [-0.2, -0.15) is 0 Å². The number of carbonyl (C=O) groups is 1. The summed E-state index contributed by atoms with van der Waals surface area (Å²) in [5.74, 6) is 0.0502. The largest absolute Gasteiger partial charge is 0.385 e. The van der Waals surface area contributed by atoms with Crippen LogP contribution in [0.5, 0.6) is 0 Å². The van der Waals surface area contributed by atoms with Crippen molar-refractivity contribution in [3.05, 3.63) is 34.9 Å². The highest BCUT2D eigenvalue weighted by Gasteiger charge is 2.00. The molecule has 0 aromatic heterocycles. The summed E-state index contributed by atoms with van der Waals surface area (Å²) in [4.78, 5) is 11.6. The molecule has 19 heavy (non-hydrogen) atoms. The van der Waals surface area contributed by atoms with Gasteiger partial charge in [-0.25, -0.2) is 0 Å². The minimum atomic E-state index is 0.0502. The molecule has 0 atom stereocenters. The molecule has 1 rings (SSSR count). The summed E-state index contributed by atoms with van der Waals surface area (Å²) in [5, 5.41) is 6.78. The minimum absolute atomic E-state index is 0.0502. The molecule has 0 aliphatic heterocycles. The maximum absolute atomic E-state index is 11.6. The van der Waals surface area contributed by atoms with E-state index in [1.165, 1.54) is 0 Å². The van der Waals surface area contributed by atoms with Crippen molar-refractivity contribution in [3.63, 3.8) is 0 Å². The number of halogens is 1. The van der Waals surface area contributed by atoms with E-state index in [0.717, 1.165) is 25.1 Å². The SMILES string of the molecule is COCCCNCCC(=O)NCc1ccc(Cl)cc1. The standard InChI is InChI=1S/C14H21ClN2O2/c1-19-10-2-8-16-9-7-14(18)17-11-12-3-5-13(15)6-4-12/h3-6,16H,2,7-11H2,1H3,(H,17,18). The van der Waals surface area contributed by atoms with E-state index in [0.29, 0.717) is 24.5 Å². The van der Waals surface area contributed by atoms with E-state index in [4.69, 9.17) is 16.3 Å². The fourth-order valence-electron chi connectivity index (χ4n) is 1.56. The van der Waals surface area contributed by atoms with Gasteiger partial charge in [0.25, 0.3) is 0 Å². The zero-order chi connectivity index (χ0) is 13.9. The van der Waals surface area contributed by atoms with Crippen LogP contribution in [0.25, 0.3) is 0 Å². The molecule has 0 radical (unpaired) electrons. The third-order valence-corrected chi connectivity index (χ3v) is 2.89. The number of carbonyl (C=O) groups excluding carboxylic acids is 1. The fourth-order valence-corrected chi connectivity index (χ4v) is 1.69. The first-order chi connectivity index (χ1) is 9.22. The van der Waals surface area contributed by atoms with Crippen LogP contribution in [0, 0.1) is 0 Å². The molecule has 0 aliphatic rings. The van der Waals surface area contributed by atoms with Crippen LogP contribution in [0.15, 0.2) is 24.3 Å². The predicted molar refractivity (Wildman–Crippen MR) is 77.3 cm³/mol. The van der Waals surface area contributed by atoms with Gasteiger partial charge in [0.15, 0.2) is 0 Å². The Morgan fingerprint density at radius 2 is 2.00 bits per heavy atom. The van der Waals surface area contributed by atoms with Crippen LogP contribution >= 0.6 is 11.6 Å². The van der Waals surface area contributed by atoms with E-state index in [1.54, 1.807) is 7.11 Å². The number of methoxy groups -OCH3 is 1. The third kappa shape index (κ3) is 7.82. The topological polar surface area (TPSA) is 50.4 Å². The molecule has 0 bridgehead atoms. The van der Waals surface area contributed by atoms with Gasteiger partial charge in [0, 0.05) is 38.2 Å². The highest BCUT2D eigenvalue weighted by molar-refractivity contribution is 6.30. The Hall–Kier alpha value is -1.10. The summed E-state index contributed by atoms with van der Waals surface area (Å²) in [6, 6.07) is 7.46. The molecule has 0 spiro atoms. The lowest BCUT2D eigenvalue weighted by molar-refractivity contribution is -0.121. The lowest BCUT2D eigenvalue weighted by Crippen LogP contribution is -2.28. The van der Waals surface area contributed by atoms with Crippen LogP contribution in [0.4, 0.5) is 0 Å². The van der Waals surface area contributed by atoms with Crippen LogP contribution in [0.2, 0.25) is 5.02 Å². The monoisotopic (exact) mass is 284 g/mol. The van der Waals surface area contributed by atoms with Crippen molar-refractivity contribution in [3.8, 4) is 0 Å². The molecular formula is C14H21ClN2O2. The molecule has 4 nitrogen and oxygen atoms in total. The number of ether oxygens (including phenoxy) is 1. The summed E-state index contributed by atoms with van der Waals surface area (Å²) < 4.78 is 4.94. The Labute approximate surface area is 119 Å². The van der Waals surface area contributed by atoms with Gasteiger partial charge in [-0.05, 0) is 30.7 Å². The van der Waals surface area contributed by atoms with E-state index in [9.17, 15) is 4.79 Å². The van der Waals surface area contributed by atoms with Crippen LogP contribution in [-0.4, -0.2) is 32.7 Å². The van der Waals surface area contributed by atoms with Crippen molar-refractivity contribution < 1.29 is 9.53 Å². The molecule has 2 N–H and O–H groups in total. The average molecular weight is 285 g/mol. The zero-order valence-corrected chi connectivity index (χ0v) is 12.0. The quantitative estimate of drug-likeness (QED) is 0.682. The maximum Gasteiger partial charge on any atom is 0.221 e. The molecule has 106 valence electrons. The lowest BCUT2D eigenvalue weighted by atomic mass is 10.2. The van der Waals surface area contributed by atoms with E-state index in [-0.39, 0.29) is 5.91 Å². The predicted octanol–water partition coefficient (Wildman–Crippen LogP) is 1.97. The Morgan fingerprint density at radius 1 is 1.26 bits per heavy atom. The average Bonchev–Trinajstić information content (AvgIpc) is 2.42. The summed E-state index contributed by atoms with van der Waals surface area (Å²) in [6.45, 7) is 2.85. The molecule has 0 aliphatic carbocycles. The van der Waals surface area contributed by atoms with Crippen molar-refractivity contribution in [2.75, 3.05) is 26.8 Å². The molecule has 0 unspecified atom stereocenters. The van der Waals surface area contributed by atoms with Gasteiger partial charge in [-0.3, -0.25) is 4.79 Å². The normalized spacial score (nSPS) is 10.4. The van der Waals surface area contributed by atoms with Crippen molar-refractivity contribution >= 4 is 17.5 Å². The summed E-state index contributed by atoms with van der Waals surface area (Å²) in [6.07, 6.45) is 1.45. The van der Waals surface area contributed by atoms with E-state index in [1.807, 2.05) is 24.3 Å². The molecule has 0 saturated heterocycles. The first kappa shape index (κ1) is 16.0. The van der Waals surface area contributed by atoms with E-state index < -0.39 is 0 Å². The first-order valence-electron chi connectivity index (χ1n) is 6.43. The zero-order valence-electron chi connectivity index (χ0n) is 11.2. The highest BCUT2D eigenvalue weighted by atomic mass is 35.5. The second kappa shape index (κ2) is 9.78. The Bertz CT molecular complexity index is 368. The second-order valence-electron chi connectivity index (χ2n) is 4.25. The van der Waals surface area contributed by atoms with Crippen molar-refractivity contribution in [1.29, 1.82) is 0 Å². The lowest BCUT2D eigenvalue weighted by Gasteiger charge is -2.06. The summed E-state index contributed by atoms with van der Waals surface area (Å²) in [7, 11) is 1.68. The van der Waals surface area contributed by atoms with Gasteiger partial charge in [0.2, 0.25) is 5.91 Å². The van der Waals surface area contributed by atoms with Gasteiger partial charge in [-0.15, -0.1) is 0 Å². The van der Waals surface area contributed by atoms with Crippen molar-refractivity contribution in [2.45, 2.75) is 19.4 Å². The van der Waals surface area contributed by atoms with E-state index >= 15 is 0 Å². The van der Waals surface area contributed by atoms with Gasteiger partial charge < -0.3 is 15.4 Å². The molecule has 1 aromatic rings. The molecule has 1 amide bonds. The smallest absolute Gasteiger partial charge is 0.221 e. The minimum Gasteiger partial charge on any atom is -0.385 e. The van der Waals surface area contributed by atoms with Crippen LogP contribution in [0.1, 0.15) is 18.4 Å². The molecule has 0 fully saturated rings. The number of rotatable bonds is 9. The van der Waals surface area contributed by atoms with Gasteiger partial charge >= 0.3 is 0 Å². The van der Waals surface area contributed by atoms with Crippen molar-refractivity contribution in [2.24, 2.45) is 0 Å². The highest BCUT2D eigenvalue weighted by Crippen LogP contribution is 2.08. The molecule has 0 heterocycles. The van der Waals surface area contributed by atoms with Gasteiger partial charge in [0.1, 0.15) is 0 Å². The number of hydrogen-bond acceptors (Lipinski definition) is 3. The molecule has 1 aromatic carbocycles. The molecule has 5 heteroatoms. The number of benzene rings is 1. The van der Waals surface area contributed by atoms with E-state index in [2.05, 4.69) is 10.6 Å². The Kier molecular flexibility index (Phi) is 8.21. The first-order valence-corrected chi connectivity index (χ1v) is 6.81. The fraction of sp³-hybridized carbons (Fsp3) is 0.500. The van der Waals surface area contributed by atoms with Crippen LogP contribution in [-0.2, 0) is 16.1 Å². The molecular weight excluding hydrogens is 264 g/mol. The Balaban J connectivity index is 2.06. The van der Waals surface area contributed by atoms with Gasteiger partial charge in [-0.1, -0.05) is 23.7 Å². The van der Waals surface area contributed by atoms with Crippen LogP contribution < -0.4 is 10.6 Å². The van der Waals surface area contributed by atoms with Crippen molar-refractivity contribution in [1.82, 2.24) is 10.6 Å². The Morgan fingerprint density at radius 3 is 2.68 bits per heavy atom. The number of hydrogen-bond donors (Lipinski definition) is 2.